The van der Waals surface area contributed by atoms with Gasteiger partial charge in [0, 0.05) is 50.7 Å². The largest absolute Gasteiger partial charge is 0.340 e. The van der Waals surface area contributed by atoms with Gasteiger partial charge in [0.1, 0.15) is 0 Å². The van der Waals surface area contributed by atoms with E-state index in [0.29, 0.717) is 23.9 Å². The Morgan fingerprint density at radius 1 is 0.952 bits per heavy atom. The van der Waals surface area contributed by atoms with Crippen LogP contribution in [0, 0.1) is 5.92 Å². The molecule has 2 atom stereocenters. The van der Waals surface area contributed by atoms with Gasteiger partial charge in [-0.2, -0.15) is 0 Å². The molecule has 1 aliphatic carbocycles. The zero-order valence-electron chi connectivity index (χ0n) is 13.1. The molecule has 0 spiro atoms. The van der Waals surface area contributed by atoms with Gasteiger partial charge in [-0.25, -0.2) is 0 Å². The first-order valence-corrected chi connectivity index (χ1v) is 9.06. The second-order valence-electron chi connectivity index (χ2n) is 7.68. The van der Waals surface area contributed by atoms with Crippen LogP contribution < -0.4 is 5.32 Å². The fourth-order valence-electron chi connectivity index (χ4n) is 4.81. The lowest BCUT2D eigenvalue weighted by Crippen LogP contribution is -2.53. The molecule has 3 heterocycles. The van der Waals surface area contributed by atoms with E-state index < -0.39 is 0 Å². The lowest BCUT2D eigenvalue weighted by molar-refractivity contribution is -0.134. The summed E-state index contributed by atoms with van der Waals surface area (Å²) in [5.41, 5.74) is 0. The molecule has 1 N–H and O–H groups in total. The van der Waals surface area contributed by atoms with Crippen molar-refractivity contribution in [1.29, 1.82) is 0 Å². The average molecular weight is 291 g/mol. The van der Waals surface area contributed by atoms with E-state index in [1.54, 1.807) is 0 Å². The molecular formula is C17H29N3O. The SMILES string of the molecule is O=C(CC1CC2CCC(C1)N2)N1CCN(C2CCC2)CC1. The first kappa shape index (κ1) is 14.0. The number of piperazine rings is 1. The van der Waals surface area contributed by atoms with E-state index in [9.17, 15) is 4.79 Å². The van der Waals surface area contributed by atoms with Crippen molar-refractivity contribution < 1.29 is 4.79 Å². The Morgan fingerprint density at radius 3 is 2.19 bits per heavy atom. The highest BCUT2D eigenvalue weighted by molar-refractivity contribution is 5.76. The maximum atomic E-state index is 12.5. The van der Waals surface area contributed by atoms with Crippen LogP contribution in [-0.4, -0.2) is 60.0 Å². The molecular weight excluding hydrogens is 262 g/mol. The molecule has 0 aromatic carbocycles. The van der Waals surface area contributed by atoms with Gasteiger partial charge in [-0.1, -0.05) is 6.42 Å². The van der Waals surface area contributed by atoms with E-state index >= 15 is 0 Å². The molecule has 21 heavy (non-hydrogen) atoms. The molecule has 0 aromatic heterocycles. The summed E-state index contributed by atoms with van der Waals surface area (Å²) in [6.45, 7) is 4.14. The molecule has 4 aliphatic rings. The highest BCUT2D eigenvalue weighted by Gasteiger charge is 2.35. The summed E-state index contributed by atoms with van der Waals surface area (Å²) in [5.74, 6) is 1.07. The molecule has 4 rings (SSSR count). The molecule has 1 saturated carbocycles. The van der Waals surface area contributed by atoms with Crippen molar-refractivity contribution in [2.24, 2.45) is 5.92 Å². The quantitative estimate of drug-likeness (QED) is 0.858. The summed E-state index contributed by atoms with van der Waals surface area (Å²) >= 11 is 0. The first-order valence-electron chi connectivity index (χ1n) is 9.06. The molecule has 4 fully saturated rings. The molecule has 3 aliphatic heterocycles. The number of nitrogens with one attached hydrogen (secondary N) is 1. The van der Waals surface area contributed by atoms with E-state index in [1.165, 1.54) is 44.9 Å². The lowest BCUT2D eigenvalue weighted by atomic mass is 9.89. The summed E-state index contributed by atoms with van der Waals surface area (Å²) in [6.07, 6.45) is 10.1. The van der Waals surface area contributed by atoms with Crippen molar-refractivity contribution in [1.82, 2.24) is 15.1 Å². The Labute approximate surface area is 128 Å². The molecule has 4 nitrogen and oxygen atoms in total. The Morgan fingerprint density at radius 2 is 1.62 bits per heavy atom. The van der Waals surface area contributed by atoms with Crippen LogP contribution in [0.3, 0.4) is 0 Å². The van der Waals surface area contributed by atoms with Crippen molar-refractivity contribution in [3.63, 3.8) is 0 Å². The van der Waals surface area contributed by atoms with E-state index in [4.69, 9.17) is 0 Å². The monoisotopic (exact) mass is 291 g/mol. The maximum absolute atomic E-state index is 12.5. The minimum Gasteiger partial charge on any atom is -0.340 e. The van der Waals surface area contributed by atoms with E-state index in [2.05, 4.69) is 15.1 Å². The van der Waals surface area contributed by atoms with Gasteiger partial charge in [-0.05, 0) is 44.4 Å². The molecule has 2 bridgehead atoms. The number of hydrogen-bond donors (Lipinski definition) is 1. The Kier molecular flexibility index (Phi) is 3.92. The second-order valence-corrected chi connectivity index (χ2v) is 7.68. The highest BCUT2D eigenvalue weighted by atomic mass is 16.2. The fraction of sp³-hybridized carbons (Fsp3) is 0.941. The number of fused-ring (bicyclic) bond motifs is 2. The normalized spacial score (nSPS) is 37.5. The number of rotatable bonds is 3. The maximum Gasteiger partial charge on any atom is 0.222 e. The van der Waals surface area contributed by atoms with Crippen molar-refractivity contribution in [3.8, 4) is 0 Å². The third-order valence-corrected chi connectivity index (χ3v) is 6.29. The van der Waals surface area contributed by atoms with Gasteiger partial charge in [0.25, 0.3) is 0 Å². The summed E-state index contributed by atoms with van der Waals surface area (Å²) in [7, 11) is 0. The average Bonchev–Trinajstić information content (AvgIpc) is 2.77. The van der Waals surface area contributed by atoms with Gasteiger partial charge in [0.15, 0.2) is 0 Å². The van der Waals surface area contributed by atoms with Crippen molar-refractivity contribution in [2.45, 2.75) is 69.5 Å². The van der Waals surface area contributed by atoms with Crippen LogP contribution >= 0.6 is 0 Å². The van der Waals surface area contributed by atoms with Crippen LogP contribution in [0.15, 0.2) is 0 Å². The van der Waals surface area contributed by atoms with Gasteiger partial charge >= 0.3 is 0 Å². The fourth-order valence-corrected chi connectivity index (χ4v) is 4.81. The topological polar surface area (TPSA) is 35.6 Å². The molecule has 0 radical (unpaired) electrons. The Hall–Kier alpha value is -0.610. The smallest absolute Gasteiger partial charge is 0.222 e. The minimum absolute atomic E-state index is 0.426. The number of hydrogen-bond acceptors (Lipinski definition) is 3. The number of amides is 1. The molecule has 2 unspecified atom stereocenters. The van der Waals surface area contributed by atoms with Gasteiger partial charge in [0.2, 0.25) is 5.91 Å². The number of nitrogens with zero attached hydrogens (tertiary/aromatic N) is 2. The van der Waals surface area contributed by atoms with Crippen LogP contribution in [0.4, 0.5) is 0 Å². The van der Waals surface area contributed by atoms with Crippen molar-refractivity contribution in [3.05, 3.63) is 0 Å². The summed E-state index contributed by atoms with van der Waals surface area (Å²) in [4.78, 5) is 17.3. The summed E-state index contributed by atoms with van der Waals surface area (Å²) in [5, 5.41) is 3.67. The Bertz CT molecular complexity index is 375. The number of piperidine rings is 1. The predicted octanol–water partition coefficient (Wildman–Crippen LogP) is 1.60. The van der Waals surface area contributed by atoms with Gasteiger partial charge in [0.05, 0.1) is 0 Å². The lowest BCUT2D eigenvalue weighted by Gasteiger charge is -2.43. The van der Waals surface area contributed by atoms with Gasteiger partial charge in [-0.3, -0.25) is 9.69 Å². The zero-order chi connectivity index (χ0) is 14.2. The van der Waals surface area contributed by atoms with Crippen LogP contribution in [0.25, 0.3) is 0 Å². The third-order valence-electron chi connectivity index (χ3n) is 6.29. The second kappa shape index (κ2) is 5.88. The number of carbonyl (C=O) groups excluding carboxylic acids is 1. The summed E-state index contributed by atoms with van der Waals surface area (Å²) in [6, 6.07) is 2.25. The minimum atomic E-state index is 0.426. The molecule has 4 heteroatoms. The molecule has 3 saturated heterocycles. The molecule has 0 aromatic rings. The van der Waals surface area contributed by atoms with E-state index in [0.717, 1.165) is 38.6 Å². The Balaban J connectivity index is 1.24. The van der Waals surface area contributed by atoms with E-state index in [-0.39, 0.29) is 0 Å². The third kappa shape index (κ3) is 2.98. The molecule has 1 amide bonds. The number of carbonyl (C=O) groups is 1. The summed E-state index contributed by atoms with van der Waals surface area (Å²) < 4.78 is 0. The van der Waals surface area contributed by atoms with Crippen LogP contribution in [0.1, 0.15) is 51.4 Å². The molecule has 118 valence electrons. The van der Waals surface area contributed by atoms with E-state index in [1.807, 2.05) is 0 Å². The first-order chi connectivity index (χ1) is 10.3. The van der Waals surface area contributed by atoms with Crippen LogP contribution in [0.5, 0.6) is 0 Å². The predicted molar refractivity (Wildman–Crippen MR) is 83.1 cm³/mol. The van der Waals surface area contributed by atoms with Crippen LogP contribution in [-0.2, 0) is 4.79 Å². The zero-order valence-corrected chi connectivity index (χ0v) is 13.1. The van der Waals surface area contributed by atoms with Gasteiger partial charge < -0.3 is 10.2 Å². The van der Waals surface area contributed by atoms with Crippen molar-refractivity contribution >= 4 is 5.91 Å². The van der Waals surface area contributed by atoms with Crippen molar-refractivity contribution in [2.75, 3.05) is 26.2 Å². The van der Waals surface area contributed by atoms with Crippen LogP contribution in [0.2, 0.25) is 0 Å². The van der Waals surface area contributed by atoms with Gasteiger partial charge in [-0.15, -0.1) is 0 Å². The highest BCUT2D eigenvalue weighted by Crippen LogP contribution is 2.33. The standard InChI is InChI=1S/C17H29N3O/c21-17(12-13-10-14-4-5-15(11-13)18-14)20-8-6-19(7-9-20)16-2-1-3-16/h13-16,18H,1-12H2.